The van der Waals surface area contributed by atoms with E-state index in [0.29, 0.717) is 11.6 Å². The molecule has 0 aliphatic carbocycles. The lowest BCUT2D eigenvalue weighted by Crippen LogP contribution is -2.39. The van der Waals surface area contributed by atoms with Gasteiger partial charge >= 0.3 is 0 Å². The first-order valence-electron chi connectivity index (χ1n) is 7.42. The number of hydrogen-bond acceptors (Lipinski definition) is 5. The Hall–Kier alpha value is -2.99. The molecule has 6 nitrogen and oxygen atoms in total. The maximum absolute atomic E-state index is 12.7. The number of carbonyl (C=O) groups is 1. The summed E-state index contributed by atoms with van der Waals surface area (Å²) in [5, 5.41) is 10.4. The molecule has 0 bridgehead atoms. The summed E-state index contributed by atoms with van der Waals surface area (Å²) in [6.45, 7) is 1.74. The molecular weight excluding hydrogens is 306 g/mol. The molecule has 1 atom stereocenters. The molecule has 122 valence electrons. The second-order valence-corrected chi connectivity index (χ2v) is 5.38. The van der Waals surface area contributed by atoms with Gasteiger partial charge in [0.25, 0.3) is 5.91 Å². The standard InChI is InChI=1S/C18H17N3O3/c1-18(23-2,14-6-4-3-5-7-14)17(22)20-15-10-8-13(9-11-15)16-21-19-12-24-16/h3-12H,1-2H3,(H,20,22). The molecular formula is C18H17N3O3. The van der Waals surface area contributed by atoms with E-state index in [1.807, 2.05) is 30.3 Å². The average molecular weight is 323 g/mol. The minimum Gasteiger partial charge on any atom is -0.423 e. The van der Waals surface area contributed by atoms with E-state index in [4.69, 9.17) is 9.15 Å². The molecule has 0 radical (unpaired) electrons. The van der Waals surface area contributed by atoms with Crippen molar-refractivity contribution in [2.24, 2.45) is 0 Å². The van der Waals surface area contributed by atoms with E-state index in [-0.39, 0.29) is 5.91 Å². The Bertz CT molecular complexity index is 801. The van der Waals surface area contributed by atoms with Crippen molar-refractivity contribution in [2.45, 2.75) is 12.5 Å². The molecule has 0 saturated heterocycles. The Kier molecular flexibility index (Phi) is 4.39. The van der Waals surface area contributed by atoms with Gasteiger partial charge in [0.2, 0.25) is 12.3 Å². The van der Waals surface area contributed by atoms with Gasteiger partial charge in [-0.3, -0.25) is 4.79 Å². The Morgan fingerprint density at radius 1 is 1.12 bits per heavy atom. The number of methoxy groups -OCH3 is 1. The fourth-order valence-corrected chi connectivity index (χ4v) is 2.34. The highest BCUT2D eigenvalue weighted by Gasteiger charge is 2.35. The van der Waals surface area contributed by atoms with Crippen LogP contribution in [0.25, 0.3) is 11.5 Å². The van der Waals surface area contributed by atoms with Crippen LogP contribution in [0, 0.1) is 0 Å². The van der Waals surface area contributed by atoms with E-state index < -0.39 is 5.60 Å². The number of nitrogens with one attached hydrogen (secondary N) is 1. The van der Waals surface area contributed by atoms with Crippen LogP contribution in [0.5, 0.6) is 0 Å². The number of rotatable bonds is 5. The summed E-state index contributed by atoms with van der Waals surface area (Å²) in [6.07, 6.45) is 1.27. The van der Waals surface area contributed by atoms with E-state index >= 15 is 0 Å². The molecule has 0 saturated carbocycles. The molecule has 6 heteroatoms. The number of carbonyl (C=O) groups excluding carboxylic acids is 1. The van der Waals surface area contributed by atoms with E-state index in [2.05, 4.69) is 15.5 Å². The highest BCUT2D eigenvalue weighted by Crippen LogP contribution is 2.27. The molecule has 0 aliphatic rings. The van der Waals surface area contributed by atoms with Crippen molar-refractivity contribution in [3.05, 3.63) is 66.6 Å². The normalized spacial score (nSPS) is 13.2. The SMILES string of the molecule is COC(C)(C(=O)Nc1ccc(-c2nnco2)cc1)c1ccccc1. The third-order valence-corrected chi connectivity index (χ3v) is 3.92. The molecule has 24 heavy (non-hydrogen) atoms. The molecule has 1 amide bonds. The fourth-order valence-electron chi connectivity index (χ4n) is 2.34. The zero-order valence-electron chi connectivity index (χ0n) is 13.4. The van der Waals surface area contributed by atoms with Crippen molar-refractivity contribution in [3.8, 4) is 11.5 Å². The lowest BCUT2D eigenvalue weighted by Gasteiger charge is -2.27. The minimum absolute atomic E-state index is 0.248. The highest BCUT2D eigenvalue weighted by molar-refractivity contribution is 5.97. The van der Waals surface area contributed by atoms with Crippen LogP contribution in [0.2, 0.25) is 0 Å². The molecule has 1 heterocycles. The molecule has 0 spiro atoms. The third-order valence-electron chi connectivity index (χ3n) is 3.92. The van der Waals surface area contributed by atoms with Crippen molar-refractivity contribution < 1.29 is 13.9 Å². The van der Waals surface area contributed by atoms with Gasteiger partial charge in [-0.05, 0) is 36.8 Å². The smallest absolute Gasteiger partial charge is 0.260 e. The predicted octanol–water partition coefficient (Wildman–Crippen LogP) is 3.24. The van der Waals surface area contributed by atoms with E-state index in [1.165, 1.54) is 13.5 Å². The lowest BCUT2D eigenvalue weighted by molar-refractivity contribution is -0.136. The van der Waals surface area contributed by atoms with Gasteiger partial charge in [0.1, 0.15) is 0 Å². The van der Waals surface area contributed by atoms with Crippen LogP contribution in [-0.4, -0.2) is 23.2 Å². The van der Waals surface area contributed by atoms with Crippen molar-refractivity contribution in [1.82, 2.24) is 10.2 Å². The number of benzene rings is 2. The summed E-state index contributed by atoms with van der Waals surface area (Å²) in [7, 11) is 1.52. The van der Waals surface area contributed by atoms with Gasteiger partial charge in [0.15, 0.2) is 5.60 Å². The Morgan fingerprint density at radius 2 is 1.83 bits per heavy atom. The van der Waals surface area contributed by atoms with Gasteiger partial charge in [-0.2, -0.15) is 0 Å². The summed E-state index contributed by atoms with van der Waals surface area (Å²) < 4.78 is 10.6. The first-order valence-corrected chi connectivity index (χ1v) is 7.42. The van der Waals surface area contributed by atoms with Crippen LogP contribution in [0.4, 0.5) is 5.69 Å². The van der Waals surface area contributed by atoms with Crippen molar-refractivity contribution in [3.63, 3.8) is 0 Å². The summed E-state index contributed by atoms with van der Waals surface area (Å²) in [6, 6.07) is 16.5. The summed E-state index contributed by atoms with van der Waals surface area (Å²) in [5.41, 5.74) is 1.14. The fraction of sp³-hybridized carbons (Fsp3) is 0.167. The van der Waals surface area contributed by atoms with Gasteiger partial charge in [-0.15, -0.1) is 10.2 Å². The van der Waals surface area contributed by atoms with Crippen molar-refractivity contribution in [2.75, 3.05) is 12.4 Å². The quantitative estimate of drug-likeness (QED) is 0.780. The lowest BCUT2D eigenvalue weighted by atomic mass is 9.94. The Balaban J connectivity index is 1.78. The largest absolute Gasteiger partial charge is 0.423 e. The maximum atomic E-state index is 12.7. The van der Waals surface area contributed by atoms with Crippen LogP contribution < -0.4 is 5.32 Å². The number of amides is 1. The molecule has 0 aliphatic heterocycles. The summed E-state index contributed by atoms with van der Waals surface area (Å²) >= 11 is 0. The monoisotopic (exact) mass is 323 g/mol. The van der Waals surface area contributed by atoms with Gasteiger partial charge < -0.3 is 14.5 Å². The average Bonchev–Trinajstić information content (AvgIpc) is 3.17. The zero-order valence-corrected chi connectivity index (χ0v) is 13.4. The number of nitrogens with zero attached hydrogens (tertiary/aromatic N) is 2. The maximum Gasteiger partial charge on any atom is 0.260 e. The van der Waals surface area contributed by atoms with Crippen molar-refractivity contribution in [1.29, 1.82) is 0 Å². The van der Waals surface area contributed by atoms with E-state index in [0.717, 1.165) is 11.1 Å². The number of anilines is 1. The van der Waals surface area contributed by atoms with Crippen molar-refractivity contribution >= 4 is 11.6 Å². The van der Waals surface area contributed by atoms with Crippen LogP contribution in [0.15, 0.2) is 65.4 Å². The number of aromatic nitrogens is 2. The molecule has 2 aromatic carbocycles. The van der Waals surface area contributed by atoms with Crippen LogP contribution >= 0.6 is 0 Å². The highest BCUT2D eigenvalue weighted by atomic mass is 16.5. The zero-order chi connectivity index (χ0) is 17.0. The summed E-state index contributed by atoms with van der Waals surface area (Å²) in [4.78, 5) is 12.7. The van der Waals surface area contributed by atoms with Gasteiger partial charge in [0.05, 0.1) is 0 Å². The topological polar surface area (TPSA) is 77.2 Å². The second-order valence-electron chi connectivity index (χ2n) is 5.38. The van der Waals surface area contributed by atoms with E-state index in [1.54, 1.807) is 31.2 Å². The van der Waals surface area contributed by atoms with Gasteiger partial charge in [-0.25, -0.2) is 0 Å². The molecule has 1 N–H and O–H groups in total. The molecule has 3 aromatic rings. The third kappa shape index (κ3) is 3.04. The molecule has 0 fully saturated rings. The summed E-state index contributed by atoms with van der Waals surface area (Å²) in [5.74, 6) is 0.181. The first kappa shape index (κ1) is 15.9. The van der Waals surface area contributed by atoms with Crippen LogP contribution in [-0.2, 0) is 15.1 Å². The predicted molar refractivity (Wildman–Crippen MR) is 89.2 cm³/mol. The van der Waals surface area contributed by atoms with Crippen LogP contribution in [0.3, 0.4) is 0 Å². The second kappa shape index (κ2) is 6.64. The molecule has 3 rings (SSSR count). The van der Waals surface area contributed by atoms with Crippen LogP contribution in [0.1, 0.15) is 12.5 Å². The Labute approximate surface area is 139 Å². The molecule has 1 aromatic heterocycles. The van der Waals surface area contributed by atoms with E-state index in [9.17, 15) is 4.79 Å². The molecule has 1 unspecified atom stereocenters. The van der Waals surface area contributed by atoms with Gasteiger partial charge in [-0.1, -0.05) is 30.3 Å². The first-order chi connectivity index (χ1) is 11.6. The number of hydrogen-bond donors (Lipinski definition) is 1. The van der Waals surface area contributed by atoms with Gasteiger partial charge in [0, 0.05) is 18.4 Å². The Morgan fingerprint density at radius 3 is 2.42 bits per heavy atom. The minimum atomic E-state index is -1.08. The number of ether oxygens (including phenoxy) is 1.